The third kappa shape index (κ3) is 3.35. The molecule has 2 aromatic rings. The molecular weight excluding hydrogens is 376 g/mol. The second kappa shape index (κ2) is 7.43. The Bertz CT molecular complexity index is 1030. The highest BCUT2D eigenvalue weighted by atomic mass is 16.1. The molecule has 3 atom stereocenters. The summed E-state index contributed by atoms with van der Waals surface area (Å²) < 4.78 is 0. The molecule has 154 valence electrons. The van der Waals surface area contributed by atoms with Gasteiger partial charge in [-0.3, -0.25) is 24.5 Å². The van der Waals surface area contributed by atoms with E-state index in [4.69, 9.17) is 0 Å². The first-order valence-corrected chi connectivity index (χ1v) is 10.7. The molecule has 30 heavy (non-hydrogen) atoms. The van der Waals surface area contributed by atoms with E-state index >= 15 is 0 Å². The fraction of sp³-hybridized carbons (Fsp3) is 0.417. The van der Waals surface area contributed by atoms with Gasteiger partial charge < -0.3 is 5.32 Å². The number of carbonyl (C=O) groups excluding carboxylic acids is 2. The van der Waals surface area contributed by atoms with E-state index in [-0.39, 0.29) is 11.7 Å². The van der Waals surface area contributed by atoms with Crippen LogP contribution < -0.4 is 5.32 Å². The number of fused-ring (bicyclic) bond motifs is 2. The molecular formula is C24H26N4O2. The van der Waals surface area contributed by atoms with Crippen molar-refractivity contribution < 1.29 is 9.59 Å². The summed E-state index contributed by atoms with van der Waals surface area (Å²) >= 11 is 0. The lowest BCUT2D eigenvalue weighted by Crippen LogP contribution is -2.24. The summed E-state index contributed by atoms with van der Waals surface area (Å²) in [7, 11) is 1.62. The van der Waals surface area contributed by atoms with Crippen molar-refractivity contribution >= 4 is 17.8 Å². The molecule has 3 heterocycles. The van der Waals surface area contributed by atoms with E-state index in [1.54, 1.807) is 7.05 Å². The second-order valence-corrected chi connectivity index (χ2v) is 8.61. The van der Waals surface area contributed by atoms with Gasteiger partial charge in [-0.2, -0.15) is 0 Å². The summed E-state index contributed by atoms with van der Waals surface area (Å²) in [5.41, 5.74) is 5.78. The molecule has 1 unspecified atom stereocenters. The van der Waals surface area contributed by atoms with Crippen molar-refractivity contribution in [2.24, 2.45) is 11.8 Å². The van der Waals surface area contributed by atoms with Crippen molar-refractivity contribution in [3.05, 3.63) is 64.2 Å². The van der Waals surface area contributed by atoms with Crippen LogP contribution in [-0.2, 0) is 17.8 Å². The number of rotatable bonds is 5. The minimum absolute atomic E-state index is 0.148. The average Bonchev–Trinajstić information content (AvgIpc) is 3.27. The summed E-state index contributed by atoms with van der Waals surface area (Å²) in [6, 6.07) is 6.03. The van der Waals surface area contributed by atoms with Crippen molar-refractivity contribution in [1.82, 2.24) is 20.2 Å². The van der Waals surface area contributed by atoms with Crippen molar-refractivity contribution in [2.45, 2.75) is 32.2 Å². The number of nitrogens with zero attached hydrogens (tertiary/aromatic N) is 3. The number of likely N-dealkylation sites (tertiary alicyclic amines) is 1. The summed E-state index contributed by atoms with van der Waals surface area (Å²) in [5.74, 6) is 1.97. The fourth-order valence-corrected chi connectivity index (χ4v) is 5.12. The summed E-state index contributed by atoms with van der Waals surface area (Å²) in [6.07, 6.45) is 7.01. The molecule has 6 nitrogen and oxygen atoms in total. The van der Waals surface area contributed by atoms with E-state index in [0.29, 0.717) is 29.9 Å². The highest BCUT2D eigenvalue weighted by Crippen LogP contribution is 2.58. The topological polar surface area (TPSA) is 75.2 Å². The number of hydrogen-bond acceptors (Lipinski definition) is 5. The molecule has 5 rings (SSSR count). The minimum Gasteiger partial charge on any atom is -0.354 e. The lowest BCUT2D eigenvalue weighted by molar-refractivity contribution is -0.115. The Balaban J connectivity index is 1.21. The monoisotopic (exact) mass is 402 g/mol. The lowest BCUT2D eigenvalue weighted by atomic mass is 9.92. The Morgan fingerprint density at radius 3 is 2.67 bits per heavy atom. The standard InChI is InChI=1S/C24H26N4O2/c1-3-15-7-21-17(8-22(15)29)6-14(9-26-21)11-28-12-18-19(13-28)23(18)16-4-5-20(27-10-16)24(30)25-2/h4-7,9-10,18-19,23H,3,8,11-13H2,1-2H3,(H,25,30)/t18-,19+,23?. The van der Waals surface area contributed by atoms with Gasteiger partial charge in [-0.25, -0.2) is 0 Å². The number of carbonyl (C=O) groups is 2. The second-order valence-electron chi connectivity index (χ2n) is 8.61. The van der Waals surface area contributed by atoms with Crippen molar-refractivity contribution in [3.63, 3.8) is 0 Å². The maximum Gasteiger partial charge on any atom is 0.269 e. The smallest absolute Gasteiger partial charge is 0.269 e. The van der Waals surface area contributed by atoms with Gasteiger partial charge in [0.2, 0.25) is 0 Å². The predicted octanol–water partition coefficient (Wildman–Crippen LogP) is 2.60. The van der Waals surface area contributed by atoms with Crippen LogP contribution in [0.2, 0.25) is 0 Å². The quantitative estimate of drug-likeness (QED) is 0.832. The van der Waals surface area contributed by atoms with Gasteiger partial charge in [-0.1, -0.05) is 19.1 Å². The van der Waals surface area contributed by atoms with Gasteiger partial charge >= 0.3 is 0 Å². The summed E-state index contributed by atoms with van der Waals surface area (Å²) in [5, 5.41) is 2.61. The highest BCUT2D eigenvalue weighted by molar-refractivity contribution is 6.03. The number of nitrogens with one attached hydrogen (secondary N) is 1. The first kappa shape index (κ1) is 19.1. The Morgan fingerprint density at radius 1 is 1.20 bits per heavy atom. The third-order valence-electron chi connectivity index (χ3n) is 6.77. The van der Waals surface area contributed by atoms with E-state index < -0.39 is 0 Å². The number of hydrogen-bond donors (Lipinski definition) is 1. The molecule has 1 aliphatic heterocycles. The van der Waals surface area contributed by atoms with Gasteiger partial charge in [0.15, 0.2) is 5.78 Å². The third-order valence-corrected chi connectivity index (χ3v) is 6.77. The average molecular weight is 402 g/mol. The number of Topliss-reactive ketones (excluding diaryl/α,β-unsaturated/α-hetero) is 1. The van der Waals surface area contributed by atoms with Crippen LogP contribution >= 0.6 is 0 Å². The Labute approximate surface area is 176 Å². The molecule has 0 spiro atoms. The van der Waals surface area contributed by atoms with Crippen LogP contribution in [0, 0.1) is 11.8 Å². The highest BCUT2D eigenvalue weighted by Gasteiger charge is 2.56. The maximum absolute atomic E-state index is 12.2. The van der Waals surface area contributed by atoms with Crippen molar-refractivity contribution in [1.29, 1.82) is 0 Å². The lowest BCUT2D eigenvalue weighted by Gasteiger charge is -2.21. The van der Waals surface area contributed by atoms with Crippen LogP contribution in [0.5, 0.6) is 0 Å². The molecule has 1 saturated carbocycles. The van der Waals surface area contributed by atoms with Gasteiger partial charge in [-0.05, 0) is 58.6 Å². The minimum atomic E-state index is -0.148. The van der Waals surface area contributed by atoms with Crippen molar-refractivity contribution in [2.75, 3.05) is 20.1 Å². The molecule has 1 N–H and O–H groups in total. The van der Waals surface area contributed by atoms with Crippen molar-refractivity contribution in [3.8, 4) is 0 Å². The molecule has 6 heteroatoms. The van der Waals surface area contributed by atoms with Crippen LogP contribution in [0.15, 0.2) is 36.2 Å². The molecule has 2 fully saturated rings. The number of pyridine rings is 2. The van der Waals surface area contributed by atoms with Gasteiger partial charge in [0.25, 0.3) is 5.91 Å². The van der Waals surface area contributed by atoms with E-state index in [0.717, 1.165) is 42.9 Å². The molecule has 1 saturated heterocycles. The number of ketones is 1. The van der Waals surface area contributed by atoms with E-state index in [9.17, 15) is 9.59 Å². The molecule has 3 aliphatic rings. The van der Waals surface area contributed by atoms with E-state index in [2.05, 4.69) is 26.3 Å². The molecule has 0 aromatic carbocycles. The van der Waals surface area contributed by atoms with Crippen LogP contribution in [0.4, 0.5) is 0 Å². The zero-order chi connectivity index (χ0) is 20.8. The zero-order valence-corrected chi connectivity index (χ0v) is 17.4. The Morgan fingerprint density at radius 2 is 2.00 bits per heavy atom. The van der Waals surface area contributed by atoms with Crippen LogP contribution in [0.1, 0.15) is 52.1 Å². The molecule has 0 bridgehead atoms. The Kier molecular flexibility index (Phi) is 4.74. The Hall–Kier alpha value is -2.86. The van der Waals surface area contributed by atoms with Gasteiger partial charge in [0, 0.05) is 45.5 Å². The zero-order valence-electron chi connectivity index (χ0n) is 17.4. The van der Waals surface area contributed by atoms with Gasteiger partial charge in [0.1, 0.15) is 5.69 Å². The SMILES string of the molecule is CCC1=Cc2ncc(CN3C[C@@H]4C(c5ccc(C(=O)NC)nc5)[C@@H]4C3)cc2CC1=O. The molecule has 2 aromatic heterocycles. The van der Waals surface area contributed by atoms with Crippen LogP contribution in [-0.4, -0.2) is 46.7 Å². The van der Waals surface area contributed by atoms with Crippen LogP contribution in [0.25, 0.3) is 6.08 Å². The van der Waals surface area contributed by atoms with Crippen LogP contribution in [0.3, 0.4) is 0 Å². The number of allylic oxidation sites excluding steroid dienone is 1. The first-order chi connectivity index (χ1) is 14.6. The number of piperidine rings is 1. The van der Waals surface area contributed by atoms with Gasteiger partial charge in [-0.15, -0.1) is 0 Å². The van der Waals surface area contributed by atoms with Gasteiger partial charge in [0.05, 0.1) is 5.69 Å². The normalized spacial score (nSPS) is 24.8. The summed E-state index contributed by atoms with van der Waals surface area (Å²) in [6.45, 7) is 5.04. The molecule has 0 radical (unpaired) electrons. The maximum atomic E-state index is 12.2. The predicted molar refractivity (Wildman–Crippen MR) is 114 cm³/mol. The molecule has 1 amide bonds. The molecule has 2 aliphatic carbocycles. The first-order valence-electron chi connectivity index (χ1n) is 10.7. The number of amides is 1. The summed E-state index contributed by atoms with van der Waals surface area (Å²) in [4.78, 5) is 35.3. The largest absolute Gasteiger partial charge is 0.354 e. The van der Waals surface area contributed by atoms with E-state index in [1.807, 2.05) is 37.5 Å². The number of aromatic nitrogens is 2. The fourth-order valence-electron chi connectivity index (χ4n) is 5.12. The van der Waals surface area contributed by atoms with E-state index in [1.165, 1.54) is 11.1 Å².